The van der Waals surface area contributed by atoms with Crippen molar-refractivity contribution in [3.63, 3.8) is 0 Å². The standard InChI is InChI=1S/C10H16O5/c1-7(2)14-9(11)5-6-10(12)15-8(3)13-4/h5-8H,1-4H3/b6-5+. The molecule has 0 spiro atoms. The second-order valence-corrected chi connectivity index (χ2v) is 3.06. The zero-order valence-corrected chi connectivity index (χ0v) is 9.35. The Labute approximate surface area is 89.0 Å². The molecule has 1 unspecified atom stereocenters. The molecule has 0 amide bonds. The molecule has 0 aromatic carbocycles. The van der Waals surface area contributed by atoms with Crippen LogP contribution in [0.25, 0.3) is 0 Å². The van der Waals surface area contributed by atoms with Crippen molar-refractivity contribution in [1.82, 2.24) is 0 Å². The van der Waals surface area contributed by atoms with Gasteiger partial charge >= 0.3 is 11.9 Å². The number of esters is 2. The number of rotatable bonds is 5. The molecule has 0 saturated carbocycles. The van der Waals surface area contributed by atoms with Crippen molar-refractivity contribution in [2.75, 3.05) is 7.11 Å². The van der Waals surface area contributed by atoms with Crippen LogP contribution in [0.5, 0.6) is 0 Å². The third kappa shape index (κ3) is 7.69. The van der Waals surface area contributed by atoms with Gasteiger partial charge in [-0.3, -0.25) is 0 Å². The van der Waals surface area contributed by atoms with Crippen LogP contribution in [0.2, 0.25) is 0 Å². The summed E-state index contributed by atoms with van der Waals surface area (Å²) in [7, 11) is 1.41. The Morgan fingerprint density at radius 3 is 1.87 bits per heavy atom. The summed E-state index contributed by atoms with van der Waals surface area (Å²) in [4.78, 5) is 22.0. The van der Waals surface area contributed by atoms with E-state index in [1.54, 1.807) is 20.8 Å². The zero-order chi connectivity index (χ0) is 11.8. The first-order valence-corrected chi connectivity index (χ1v) is 4.57. The summed E-state index contributed by atoms with van der Waals surface area (Å²) in [5.41, 5.74) is 0. The predicted octanol–water partition coefficient (Wildman–Crippen LogP) is 1.03. The first-order valence-electron chi connectivity index (χ1n) is 4.57. The van der Waals surface area contributed by atoms with Gasteiger partial charge in [-0.15, -0.1) is 0 Å². The van der Waals surface area contributed by atoms with Crippen molar-refractivity contribution < 1.29 is 23.8 Å². The van der Waals surface area contributed by atoms with E-state index < -0.39 is 18.2 Å². The van der Waals surface area contributed by atoms with Crippen LogP contribution in [0.4, 0.5) is 0 Å². The van der Waals surface area contributed by atoms with Gasteiger partial charge in [0.2, 0.25) is 0 Å². The van der Waals surface area contributed by atoms with E-state index in [-0.39, 0.29) is 6.10 Å². The fourth-order valence-corrected chi connectivity index (χ4v) is 0.659. The minimum Gasteiger partial charge on any atom is -0.460 e. The van der Waals surface area contributed by atoms with Crippen LogP contribution in [-0.2, 0) is 23.8 Å². The third-order valence-electron chi connectivity index (χ3n) is 1.32. The van der Waals surface area contributed by atoms with Crippen LogP contribution < -0.4 is 0 Å². The monoisotopic (exact) mass is 216 g/mol. The Morgan fingerprint density at radius 2 is 1.47 bits per heavy atom. The highest BCUT2D eigenvalue weighted by Gasteiger charge is 2.06. The third-order valence-corrected chi connectivity index (χ3v) is 1.32. The van der Waals surface area contributed by atoms with Crippen LogP contribution in [0.1, 0.15) is 20.8 Å². The molecular weight excluding hydrogens is 200 g/mol. The maximum atomic E-state index is 11.0. The molecule has 0 N–H and O–H groups in total. The maximum Gasteiger partial charge on any atom is 0.333 e. The Morgan fingerprint density at radius 1 is 1.00 bits per heavy atom. The molecule has 0 saturated heterocycles. The van der Waals surface area contributed by atoms with Gasteiger partial charge < -0.3 is 14.2 Å². The van der Waals surface area contributed by atoms with Gasteiger partial charge in [0.25, 0.3) is 0 Å². The van der Waals surface area contributed by atoms with Gasteiger partial charge in [0.15, 0.2) is 6.29 Å². The summed E-state index contributed by atoms with van der Waals surface area (Å²) in [5.74, 6) is -1.22. The van der Waals surface area contributed by atoms with Gasteiger partial charge in [0.1, 0.15) is 0 Å². The summed E-state index contributed by atoms with van der Waals surface area (Å²) in [6.45, 7) is 5.01. The van der Waals surface area contributed by atoms with Crippen molar-refractivity contribution in [3.8, 4) is 0 Å². The Kier molecular flexibility index (Phi) is 6.37. The smallest absolute Gasteiger partial charge is 0.333 e. The molecule has 0 fully saturated rings. The normalized spacial score (nSPS) is 12.9. The minimum atomic E-state index is -0.648. The lowest BCUT2D eigenvalue weighted by Gasteiger charge is -2.08. The summed E-state index contributed by atoms with van der Waals surface area (Å²) in [6, 6.07) is 0. The Bertz CT molecular complexity index is 244. The molecule has 0 aliphatic rings. The van der Waals surface area contributed by atoms with Gasteiger partial charge in [-0.2, -0.15) is 0 Å². The van der Waals surface area contributed by atoms with Gasteiger partial charge in [-0.25, -0.2) is 9.59 Å². The molecule has 0 heterocycles. The van der Waals surface area contributed by atoms with Crippen molar-refractivity contribution in [3.05, 3.63) is 12.2 Å². The predicted molar refractivity (Wildman–Crippen MR) is 52.9 cm³/mol. The average Bonchev–Trinajstić information content (AvgIpc) is 2.13. The van der Waals surface area contributed by atoms with E-state index in [1.165, 1.54) is 7.11 Å². The molecule has 5 heteroatoms. The van der Waals surface area contributed by atoms with E-state index in [1.807, 2.05) is 0 Å². The number of hydrogen-bond donors (Lipinski definition) is 0. The second kappa shape index (κ2) is 7.00. The van der Waals surface area contributed by atoms with Crippen molar-refractivity contribution >= 4 is 11.9 Å². The first kappa shape index (κ1) is 13.6. The van der Waals surface area contributed by atoms with E-state index >= 15 is 0 Å². The number of ether oxygens (including phenoxy) is 3. The minimum absolute atomic E-state index is 0.212. The molecule has 86 valence electrons. The van der Waals surface area contributed by atoms with E-state index in [0.29, 0.717) is 0 Å². The zero-order valence-electron chi connectivity index (χ0n) is 9.35. The number of carbonyl (C=O) groups is 2. The maximum absolute atomic E-state index is 11.0. The van der Waals surface area contributed by atoms with Gasteiger partial charge in [0, 0.05) is 19.3 Å². The number of carbonyl (C=O) groups excluding carboxylic acids is 2. The molecule has 0 aliphatic carbocycles. The summed E-state index contributed by atoms with van der Waals surface area (Å²) in [5, 5.41) is 0. The molecule has 0 rings (SSSR count). The Balaban J connectivity index is 3.95. The lowest BCUT2D eigenvalue weighted by atomic mass is 10.4. The highest BCUT2D eigenvalue weighted by atomic mass is 16.7. The van der Waals surface area contributed by atoms with Crippen LogP contribution in [-0.4, -0.2) is 31.4 Å². The van der Waals surface area contributed by atoms with Gasteiger partial charge in [0.05, 0.1) is 6.10 Å². The van der Waals surface area contributed by atoms with Crippen molar-refractivity contribution in [2.45, 2.75) is 33.2 Å². The summed E-state index contributed by atoms with van der Waals surface area (Å²) in [6.07, 6.45) is 1.17. The van der Waals surface area contributed by atoms with E-state index in [9.17, 15) is 9.59 Å². The average molecular weight is 216 g/mol. The molecule has 15 heavy (non-hydrogen) atoms. The second-order valence-electron chi connectivity index (χ2n) is 3.06. The van der Waals surface area contributed by atoms with Crippen LogP contribution in [0.3, 0.4) is 0 Å². The van der Waals surface area contributed by atoms with Crippen LogP contribution >= 0.6 is 0 Å². The molecule has 0 aromatic rings. The highest BCUT2D eigenvalue weighted by Crippen LogP contribution is 1.94. The van der Waals surface area contributed by atoms with Crippen molar-refractivity contribution in [2.24, 2.45) is 0 Å². The lowest BCUT2D eigenvalue weighted by Crippen LogP contribution is -2.15. The molecular formula is C10H16O5. The van der Waals surface area contributed by atoms with E-state index in [2.05, 4.69) is 0 Å². The van der Waals surface area contributed by atoms with E-state index in [4.69, 9.17) is 14.2 Å². The molecule has 0 aromatic heterocycles. The molecule has 0 radical (unpaired) electrons. The van der Waals surface area contributed by atoms with Gasteiger partial charge in [-0.05, 0) is 20.8 Å². The van der Waals surface area contributed by atoms with Crippen molar-refractivity contribution in [1.29, 1.82) is 0 Å². The fourth-order valence-electron chi connectivity index (χ4n) is 0.659. The lowest BCUT2D eigenvalue weighted by molar-refractivity contribution is -0.163. The molecule has 5 nitrogen and oxygen atoms in total. The van der Waals surface area contributed by atoms with E-state index in [0.717, 1.165) is 12.2 Å². The highest BCUT2D eigenvalue weighted by molar-refractivity contribution is 5.91. The molecule has 1 atom stereocenters. The van der Waals surface area contributed by atoms with Crippen LogP contribution in [0, 0.1) is 0 Å². The first-order chi connectivity index (χ1) is 6.95. The van der Waals surface area contributed by atoms with Gasteiger partial charge in [-0.1, -0.05) is 0 Å². The Hall–Kier alpha value is -1.36. The fraction of sp³-hybridized carbons (Fsp3) is 0.600. The number of methoxy groups -OCH3 is 1. The quantitative estimate of drug-likeness (QED) is 0.390. The summed E-state index contributed by atoms with van der Waals surface area (Å²) < 4.78 is 14.2. The topological polar surface area (TPSA) is 61.8 Å². The SMILES string of the molecule is COC(C)OC(=O)/C=C/C(=O)OC(C)C. The molecule has 0 aliphatic heterocycles. The summed E-state index contributed by atoms with van der Waals surface area (Å²) >= 11 is 0. The number of hydrogen-bond acceptors (Lipinski definition) is 5. The molecule has 0 bridgehead atoms. The van der Waals surface area contributed by atoms with Crippen LogP contribution in [0.15, 0.2) is 12.2 Å². The largest absolute Gasteiger partial charge is 0.460 e.